The first-order chi connectivity index (χ1) is 22.9. The molecular weight excluding hydrogens is 632 g/mol. The number of carbonyl (C=O) groups excluding carboxylic acids is 2. The average Bonchev–Trinajstić information content (AvgIpc) is 3.67. The predicted molar refractivity (Wildman–Crippen MR) is 184 cm³/mol. The van der Waals surface area contributed by atoms with E-state index in [4.69, 9.17) is 16.3 Å². The minimum Gasteiger partial charge on any atom is -0.480 e. The maximum atomic E-state index is 14.0. The van der Waals surface area contributed by atoms with Gasteiger partial charge in [0.15, 0.2) is 0 Å². The largest absolute Gasteiger partial charge is 0.480 e. The minimum atomic E-state index is -1.20. The van der Waals surface area contributed by atoms with E-state index in [1.54, 1.807) is 12.1 Å². The van der Waals surface area contributed by atoms with Crippen LogP contribution in [0.25, 0.3) is 11.1 Å². The number of rotatable bonds is 12. The Morgan fingerprint density at radius 3 is 1.87 bits per heavy atom. The number of thiophene rings is 1. The maximum Gasteiger partial charge on any atom is 0.407 e. The van der Waals surface area contributed by atoms with Gasteiger partial charge < -0.3 is 20.1 Å². The first-order valence-corrected chi connectivity index (χ1v) is 16.6. The second-order valence-corrected chi connectivity index (χ2v) is 13.2. The molecule has 1 unspecified atom stereocenters. The molecule has 0 bridgehead atoms. The van der Waals surface area contributed by atoms with Gasteiger partial charge in [0.05, 0.1) is 15.3 Å². The smallest absolute Gasteiger partial charge is 0.407 e. The molecule has 0 saturated carbocycles. The van der Waals surface area contributed by atoms with Gasteiger partial charge in [0.1, 0.15) is 12.6 Å². The number of ether oxygens (including phenoxy) is 1. The van der Waals surface area contributed by atoms with Crippen molar-refractivity contribution in [1.82, 2.24) is 10.2 Å². The molecule has 47 heavy (non-hydrogen) atoms. The number of benzene rings is 4. The first kappa shape index (κ1) is 32.0. The lowest BCUT2D eigenvalue weighted by atomic mass is 9.98. The summed E-state index contributed by atoms with van der Waals surface area (Å²) in [6, 6.07) is 36.3. The highest BCUT2D eigenvalue weighted by atomic mass is 35.5. The van der Waals surface area contributed by atoms with Gasteiger partial charge in [-0.1, -0.05) is 121 Å². The van der Waals surface area contributed by atoms with Crippen molar-refractivity contribution in [3.63, 3.8) is 0 Å². The SMILES string of the molecule is O=C(NC(Cc1ccccc1)CN(C(=O)c1ccc(Cl)s1)[C@@H](Cc1ccccc1)C(=O)O)OCC1c2ccccc2-c2ccccc21. The Bertz CT molecular complexity index is 1820. The highest BCUT2D eigenvalue weighted by Gasteiger charge is 2.34. The molecule has 0 spiro atoms. The molecule has 2 atom stereocenters. The summed E-state index contributed by atoms with van der Waals surface area (Å²) in [7, 11) is 0. The number of nitrogens with one attached hydrogen (secondary N) is 1. The summed E-state index contributed by atoms with van der Waals surface area (Å²) in [4.78, 5) is 41.9. The number of hydrogen-bond donors (Lipinski definition) is 2. The number of aliphatic carboxylic acids is 1. The van der Waals surface area contributed by atoms with Gasteiger partial charge in [-0.15, -0.1) is 11.3 Å². The molecule has 1 aliphatic rings. The molecule has 6 rings (SSSR count). The number of halogens is 1. The number of carbonyl (C=O) groups is 3. The van der Waals surface area contributed by atoms with Crippen LogP contribution in [0.4, 0.5) is 4.79 Å². The Hall–Kier alpha value is -4.92. The number of carboxylic acids is 1. The third-order valence-electron chi connectivity index (χ3n) is 8.39. The fourth-order valence-corrected chi connectivity index (χ4v) is 7.19. The number of hydrogen-bond acceptors (Lipinski definition) is 5. The number of fused-ring (bicyclic) bond motifs is 3. The topological polar surface area (TPSA) is 95.9 Å². The van der Waals surface area contributed by atoms with Crippen LogP contribution in [0.1, 0.15) is 37.8 Å². The summed E-state index contributed by atoms with van der Waals surface area (Å²) in [6.07, 6.45) is -0.212. The van der Waals surface area contributed by atoms with Gasteiger partial charge in [0, 0.05) is 18.9 Å². The quantitative estimate of drug-likeness (QED) is 0.143. The Morgan fingerprint density at radius 2 is 1.32 bits per heavy atom. The van der Waals surface area contributed by atoms with Crippen molar-refractivity contribution in [3.8, 4) is 11.1 Å². The van der Waals surface area contributed by atoms with Gasteiger partial charge in [-0.25, -0.2) is 9.59 Å². The van der Waals surface area contributed by atoms with Crippen LogP contribution in [0.15, 0.2) is 121 Å². The van der Waals surface area contributed by atoms with Crippen molar-refractivity contribution in [3.05, 3.63) is 153 Å². The number of amides is 2. The minimum absolute atomic E-state index is 0.0722. The molecule has 4 aromatic carbocycles. The van der Waals surface area contributed by atoms with E-state index >= 15 is 0 Å². The van der Waals surface area contributed by atoms with Crippen molar-refractivity contribution >= 4 is 40.9 Å². The Labute approximate surface area is 282 Å². The van der Waals surface area contributed by atoms with Crippen LogP contribution in [0, 0.1) is 0 Å². The zero-order valence-electron chi connectivity index (χ0n) is 25.4. The number of carboxylic acid groups (broad SMARTS) is 1. The number of nitrogens with zero attached hydrogens (tertiary/aromatic N) is 1. The summed E-state index contributed by atoms with van der Waals surface area (Å²) < 4.78 is 6.27. The Morgan fingerprint density at radius 1 is 0.766 bits per heavy atom. The van der Waals surface area contributed by atoms with Crippen molar-refractivity contribution in [1.29, 1.82) is 0 Å². The van der Waals surface area contributed by atoms with E-state index in [1.807, 2.05) is 84.9 Å². The molecule has 5 aromatic rings. The summed E-state index contributed by atoms with van der Waals surface area (Å²) in [5.41, 5.74) is 6.13. The predicted octanol–water partition coefficient (Wildman–Crippen LogP) is 7.69. The molecular formula is C38H33ClN2O5S. The zero-order chi connectivity index (χ0) is 32.8. The molecule has 0 radical (unpaired) electrons. The third kappa shape index (κ3) is 7.56. The first-order valence-electron chi connectivity index (χ1n) is 15.4. The van der Waals surface area contributed by atoms with Gasteiger partial charge in [-0.2, -0.15) is 0 Å². The zero-order valence-corrected chi connectivity index (χ0v) is 27.0. The molecule has 2 N–H and O–H groups in total. The van der Waals surface area contributed by atoms with Crippen molar-refractivity contribution in [2.75, 3.05) is 13.2 Å². The lowest BCUT2D eigenvalue weighted by Crippen LogP contribution is -2.53. The van der Waals surface area contributed by atoms with E-state index in [9.17, 15) is 19.5 Å². The Balaban J connectivity index is 1.25. The van der Waals surface area contributed by atoms with Crippen LogP contribution in [-0.4, -0.2) is 53.2 Å². The van der Waals surface area contributed by atoms with Crippen LogP contribution in [0.2, 0.25) is 4.34 Å². The van der Waals surface area contributed by atoms with Gasteiger partial charge in [-0.05, 0) is 51.9 Å². The molecule has 1 aromatic heterocycles. The summed E-state index contributed by atoms with van der Waals surface area (Å²) in [5.74, 6) is -1.74. The van der Waals surface area contributed by atoms with E-state index in [-0.39, 0.29) is 25.5 Å². The molecule has 0 fully saturated rings. The van der Waals surface area contributed by atoms with E-state index in [0.29, 0.717) is 15.6 Å². The van der Waals surface area contributed by atoms with Crippen molar-refractivity contribution in [2.45, 2.75) is 30.8 Å². The molecule has 0 aliphatic heterocycles. The molecule has 1 aliphatic carbocycles. The second-order valence-electron chi connectivity index (χ2n) is 11.5. The fraction of sp³-hybridized carbons (Fsp3) is 0.184. The Kier molecular flexibility index (Phi) is 10.00. The monoisotopic (exact) mass is 664 g/mol. The molecule has 1 heterocycles. The highest BCUT2D eigenvalue weighted by molar-refractivity contribution is 7.18. The summed E-state index contributed by atoms with van der Waals surface area (Å²) in [5, 5.41) is 13.4. The number of alkyl carbamates (subject to hydrolysis) is 1. The fourth-order valence-electron chi connectivity index (χ4n) is 6.19. The van der Waals surface area contributed by atoms with Gasteiger partial charge in [-0.3, -0.25) is 4.79 Å². The van der Waals surface area contributed by atoms with Gasteiger partial charge in [0.2, 0.25) is 0 Å². The van der Waals surface area contributed by atoms with E-state index in [0.717, 1.165) is 44.7 Å². The maximum absolute atomic E-state index is 14.0. The molecule has 7 nitrogen and oxygen atoms in total. The molecule has 0 saturated heterocycles. The lowest BCUT2D eigenvalue weighted by Gasteiger charge is -2.32. The normalized spacial score (nSPS) is 13.2. The highest BCUT2D eigenvalue weighted by Crippen LogP contribution is 2.44. The van der Waals surface area contributed by atoms with Crippen LogP contribution < -0.4 is 5.32 Å². The van der Waals surface area contributed by atoms with Gasteiger partial charge >= 0.3 is 12.1 Å². The van der Waals surface area contributed by atoms with Crippen LogP contribution in [0.5, 0.6) is 0 Å². The van der Waals surface area contributed by atoms with E-state index < -0.39 is 30.1 Å². The molecule has 238 valence electrons. The molecule has 2 amide bonds. The van der Waals surface area contributed by atoms with E-state index in [2.05, 4.69) is 29.6 Å². The lowest BCUT2D eigenvalue weighted by molar-refractivity contribution is -0.142. The van der Waals surface area contributed by atoms with Crippen molar-refractivity contribution < 1.29 is 24.2 Å². The second kappa shape index (κ2) is 14.7. The average molecular weight is 665 g/mol. The van der Waals surface area contributed by atoms with Crippen LogP contribution in [-0.2, 0) is 22.4 Å². The summed E-state index contributed by atoms with van der Waals surface area (Å²) in [6.45, 7) is 0.0528. The summed E-state index contributed by atoms with van der Waals surface area (Å²) >= 11 is 7.26. The van der Waals surface area contributed by atoms with E-state index in [1.165, 1.54) is 4.90 Å². The van der Waals surface area contributed by atoms with Gasteiger partial charge in [0.25, 0.3) is 5.91 Å². The molecule has 9 heteroatoms. The van der Waals surface area contributed by atoms with Crippen LogP contribution in [0.3, 0.4) is 0 Å². The standard InChI is InChI=1S/C38H33ClN2O5S/c39-35-20-19-34(47-35)36(42)41(33(37(43)44)22-26-13-5-2-6-14-26)23-27(21-25-11-3-1-4-12-25)40-38(45)46-24-32-30-17-9-7-15-28(30)29-16-8-10-18-31(29)32/h1-20,27,32-33H,21-24H2,(H,40,45)(H,43,44)/t27?,33-/m0/s1. The van der Waals surface area contributed by atoms with Crippen molar-refractivity contribution in [2.24, 2.45) is 0 Å². The van der Waals surface area contributed by atoms with Crippen LogP contribution >= 0.6 is 22.9 Å². The third-order valence-corrected chi connectivity index (χ3v) is 9.60.